The number of furan rings is 1. The molecule has 0 amide bonds. The van der Waals surface area contributed by atoms with Gasteiger partial charge in [-0.1, -0.05) is 6.07 Å². The van der Waals surface area contributed by atoms with Crippen LogP contribution in [-0.2, 0) is 13.0 Å². The number of aliphatic imine (C=N–C) groups is 1. The molecular weight excluding hydrogens is 348 g/mol. The zero-order valence-corrected chi connectivity index (χ0v) is 15.2. The third kappa shape index (κ3) is 4.78. The molecule has 27 heavy (non-hydrogen) atoms. The van der Waals surface area contributed by atoms with Gasteiger partial charge in [0, 0.05) is 13.0 Å². The summed E-state index contributed by atoms with van der Waals surface area (Å²) in [5, 5.41) is 10.1. The summed E-state index contributed by atoms with van der Waals surface area (Å²) < 4.78 is 15.8. The van der Waals surface area contributed by atoms with E-state index in [0.717, 1.165) is 11.4 Å². The van der Waals surface area contributed by atoms with Crippen molar-refractivity contribution in [1.82, 2.24) is 20.5 Å². The maximum Gasteiger partial charge on any atom is 0.216 e. The minimum absolute atomic E-state index is 0.357. The van der Waals surface area contributed by atoms with Crippen molar-refractivity contribution in [3.63, 3.8) is 0 Å². The highest BCUT2D eigenvalue weighted by molar-refractivity contribution is 5.77. The van der Waals surface area contributed by atoms with Gasteiger partial charge in [-0.3, -0.25) is 5.10 Å². The van der Waals surface area contributed by atoms with Crippen molar-refractivity contribution < 1.29 is 13.9 Å². The molecule has 0 aliphatic heterocycles. The zero-order valence-electron chi connectivity index (χ0n) is 15.2. The number of rotatable bonds is 8. The van der Waals surface area contributed by atoms with Crippen LogP contribution in [0.3, 0.4) is 0 Å². The van der Waals surface area contributed by atoms with Crippen LogP contribution in [0.4, 0.5) is 0 Å². The lowest BCUT2D eigenvalue weighted by atomic mass is 10.2. The molecule has 0 unspecified atom stereocenters. The van der Waals surface area contributed by atoms with Gasteiger partial charge in [-0.2, -0.15) is 5.10 Å². The summed E-state index contributed by atoms with van der Waals surface area (Å²) in [4.78, 5) is 8.70. The molecular formula is C18H22N6O3. The number of guanidine groups is 1. The molecule has 0 spiro atoms. The Balaban J connectivity index is 1.48. The summed E-state index contributed by atoms with van der Waals surface area (Å²) >= 11 is 0. The second-order valence-electron chi connectivity index (χ2n) is 5.65. The van der Waals surface area contributed by atoms with E-state index < -0.39 is 0 Å². The molecule has 4 N–H and O–H groups in total. The van der Waals surface area contributed by atoms with E-state index >= 15 is 0 Å². The van der Waals surface area contributed by atoms with Gasteiger partial charge in [0.2, 0.25) is 5.82 Å². The van der Waals surface area contributed by atoms with E-state index in [-0.39, 0.29) is 0 Å². The van der Waals surface area contributed by atoms with Gasteiger partial charge < -0.3 is 24.9 Å². The van der Waals surface area contributed by atoms with Crippen molar-refractivity contribution in [3.05, 3.63) is 48.0 Å². The molecule has 0 radical (unpaired) electrons. The smallest absolute Gasteiger partial charge is 0.216 e. The molecule has 2 aromatic heterocycles. The molecule has 2 heterocycles. The number of hydrogen-bond acceptors (Lipinski definition) is 6. The molecule has 3 aromatic rings. The normalized spacial score (nSPS) is 11.4. The Kier molecular flexibility index (Phi) is 5.93. The lowest BCUT2D eigenvalue weighted by Crippen LogP contribution is -2.33. The Labute approximate surface area is 156 Å². The van der Waals surface area contributed by atoms with Crippen LogP contribution >= 0.6 is 0 Å². The fourth-order valence-corrected chi connectivity index (χ4v) is 2.44. The number of nitrogens with one attached hydrogen (secondary N) is 2. The lowest BCUT2D eigenvalue weighted by molar-refractivity contribution is 0.354. The quantitative estimate of drug-likeness (QED) is 0.407. The number of aromatic nitrogens is 3. The van der Waals surface area contributed by atoms with Crippen LogP contribution in [0.5, 0.6) is 11.5 Å². The van der Waals surface area contributed by atoms with Crippen molar-refractivity contribution in [2.45, 2.75) is 13.0 Å². The van der Waals surface area contributed by atoms with Crippen LogP contribution < -0.4 is 20.5 Å². The van der Waals surface area contributed by atoms with Gasteiger partial charge in [0.05, 0.1) is 27.0 Å². The average Bonchev–Trinajstić information content (AvgIpc) is 3.37. The minimum atomic E-state index is 0.357. The first-order valence-corrected chi connectivity index (χ1v) is 8.39. The topological polar surface area (TPSA) is 124 Å². The predicted molar refractivity (Wildman–Crippen MR) is 101 cm³/mol. The number of H-pyrrole nitrogens is 1. The SMILES string of the molecule is COc1ccc(CN=C(N)NCCc2nc(-c3ccco3)n[nH]2)cc1OC. The standard InChI is InChI=1S/C18H22N6O3/c1-25-13-6-5-12(10-15(13)26-2)11-21-18(19)20-8-7-16-22-17(24-23-16)14-4-3-9-27-14/h3-6,9-10H,7-8,11H2,1-2H3,(H3,19,20,21)(H,22,23,24). The number of hydrogen-bond donors (Lipinski definition) is 3. The van der Waals surface area contributed by atoms with E-state index in [2.05, 4.69) is 25.5 Å². The Morgan fingerprint density at radius 2 is 2.11 bits per heavy atom. The first kappa shape index (κ1) is 18.3. The van der Waals surface area contributed by atoms with Crippen molar-refractivity contribution >= 4 is 5.96 Å². The van der Waals surface area contributed by atoms with Gasteiger partial charge in [-0.05, 0) is 29.8 Å². The highest BCUT2D eigenvalue weighted by atomic mass is 16.5. The highest BCUT2D eigenvalue weighted by Gasteiger charge is 2.08. The number of benzene rings is 1. The molecule has 0 bridgehead atoms. The van der Waals surface area contributed by atoms with Crippen LogP contribution in [0, 0.1) is 0 Å². The van der Waals surface area contributed by atoms with E-state index in [0.29, 0.717) is 48.6 Å². The summed E-state index contributed by atoms with van der Waals surface area (Å²) in [5.74, 6) is 3.59. The molecule has 3 rings (SSSR count). The third-order valence-electron chi connectivity index (χ3n) is 3.82. The summed E-state index contributed by atoms with van der Waals surface area (Å²) in [6.07, 6.45) is 2.21. The van der Waals surface area contributed by atoms with Gasteiger partial charge in [-0.25, -0.2) is 9.98 Å². The molecule has 9 heteroatoms. The third-order valence-corrected chi connectivity index (χ3v) is 3.82. The molecule has 1 aromatic carbocycles. The first-order valence-electron chi connectivity index (χ1n) is 8.39. The van der Waals surface area contributed by atoms with Gasteiger partial charge in [-0.15, -0.1) is 0 Å². The first-order chi connectivity index (χ1) is 13.2. The fraction of sp³-hybridized carbons (Fsp3) is 0.278. The minimum Gasteiger partial charge on any atom is -0.493 e. The summed E-state index contributed by atoms with van der Waals surface area (Å²) in [5.41, 5.74) is 6.88. The maximum absolute atomic E-state index is 5.92. The van der Waals surface area contributed by atoms with Crippen LogP contribution in [0.1, 0.15) is 11.4 Å². The summed E-state index contributed by atoms with van der Waals surface area (Å²) in [6.45, 7) is 1.01. The van der Waals surface area contributed by atoms with E-state index in [9.17, 15) is 0 Å². The van der Waals surface area contributed by atoms with Gasteiger partial charge in [0.15, 0.2) is 23.2 Å². The molecule has 0 atom stereocenters. The number of nitrogens with two attached hydrogens (primary N) is 1. The van der Waals surface area contributed by atoms with Crippen molar-refractivity contribution in [1.29, 1.82) is 0 Å². The zero-order chi connectivity index (χ0) is 19.1. The fourth-order valence-electron chi connectivity index (χ4n) is 2.44. The van der Waals surface area contributed by atoms with Crippen LogP contribution in [0.2, 0.25) is 0 Å². The molecule has 0 saturated carbocycles. The predicted octanol–water partition coefficient (Wildman–Crippen LogP) is 1.73. The number of ether oxygens (including phenoxy) is 2. The molecule has 0 fully saturated rings. The van der Waals surface area contributed by atoms with E-state index in [4.69, 9.17) is 19.6 Å². The molecule has 142 valence electrons. The van der Waals surface area contributed by atoms with E-state index in [1.807, 2.05) is 24.3 Å². The van der Waals surface area contributed by atoms with Crippen molar-refractivity contribution in [2.24, 2.45) is 10.7 Å². The second kappa shape index (κ2) is 8.75. The average molecular weight is 370 g/mol. The summed E-state index contributed by atoms with van der Waals surface area (Å²) in [7, 11) is 3.20. The molecule has 0 saturated heterocycles. The Morgan fingerprint density at radius 3 is 2.85 bits per heavy atom. The molecule has 9 nitrogen and oxygen atoms in total. The number of methoxy groups -OCH3 is 2. The van der Waals surface area contributed by atoms with Crippen molar-refractivity contribution in [2.75, 3.05) is 20.8 Å². The molecule has 0 aliphatic carbocycles. The maximum atomic E-state index is 5.92. The van der Waals surface area contributed by atoms with Gasteiger partial charge in [0.1, 0.15) is 5.82 Å². The van der Waals surface area contributed by atoms with Crippen LogP contribution in [0.15, 0.2) is 46.0 Å². The Hall–Kier alpha value is -3.49. The van der Waals surface area contributed by atoms with E-state index in [1.165, 1.54) is 0 Å². The highest BCUT2D eigenvalue weighted by Crippen LogP contribution is 2.27. The van der Waals surface area contributed by atoms with Crippen LogP contribution in [-0.4, -0.2) is 41.9 Å². The van der Waals surface area contributed by atoms with Gasteiger partial charge >= 0.3 is 0 Å². The second-order valence-corrected chi connectivity index (χ2v) is 5.65. The van der Waals surface area contributed by atoms with Crippen molar-refractivity contribution in [3.8, 4) is 23.1 Å². The largest absolute Gasteiger partial charge is 0.493 e. The van der Waals surface area contributed by atoms with Crippen LogP contribution in [0.25, 0.3) is 11.6 Å². The van der Waals surface area contributed by atoms with Gasteiger partial charge in [0.25, 0.3) is 0 Å². The number of aromatic amines is 1. The Morgan fingerprint density at radius 1 is 1.26 bits per heavy atom. The lowest BCUT2D eigenvalue weighted by Gasteiger charge is -2.09. The molecule has 0 aliphatic rings. The Bertz CT molecular complexity index is 888. The van der Waals surface area contributed by atoms with E-state index in [1.54, 1.807) is 26.5 Å². The summed E-state index contributed by atoms with van der Waals surface area (Å²) in [6, 6.07) is 9.24. The number of nitrogens with zero attached hydrogens (tertiary/aromatic N) is 3. The monoisotopic (exact) mass is 370 g/mol.